The number of nitrogens with zero attached hydrogens (tertiary/aromatic N) is 1. The first-order valence-electron chi connectivity index (χ1n) is 1.80. The highest BCUT2D eigenvalue weighted by Crippen LogP contribution is 1.88. The van der Waals surface area contributed by atoms with Gasteiger partial charge in [0.1, 0.15) is 6.67 Å². The molecule has 4 nitrogen and oxygen atoms in total. The molecule has 0 saturated carbocycles. The minimum absolute atomic E-state index is 0.199. The van der Waals surface area contributed by atoms with E-state index in [0.29, 0.717) is 6.67 Å². The van der Waals surface area contributed by atoms with Crippen LogP contribution in [0.2, 0.25) is 0 Å². The van der Waals surface area contributed by atoms with Gasteiger partial charge >= 0.3 is 6.03 Å². The highest BCUT2D eigenvalue weighted by Gasteiger charge is 2.11. The van der Waals surface area contributed by atoms with Crippen molar-refractivity contribution in [2.45, 2.75) is 0 Å². The van der Waals surface area contributed by atoms with Gasteiger partial charge < -0.3 is 5.32 Å². The van der Waals surface area contributed by atoms with Crippen LogP contribution in [0.3, 0.4) is 0 Å². The Morgan fingerprint density at radius 1 is 1.86 bits per heavy atom. The smallest absolute Gasteiger partial charge is 0.322 e. The van der Waals surface area contributed by atoms with E-state index in [9.17, 15) is 4.79 Å². The third-order valence-corrected chi connectivity index (χ3v) is 0.861. The van der Waals surface area contributed by atoms with Crippen molar-refractivity contribution in [1.82, 2.24) is 15.2 Å². The van der Waals surface area contributed by atoms with Gasteiger partial charge in [-0.2, -0.15) is 0 Å². The van der Waals surface area contributed by atoms with Gasteiger partial charge in [0.15, 0.2) is 0 Å². The highest BCUT2D eigenvalue weighted by molar-refractivity contribution is 7.77. The highest BCUT2D eigenvalue weighted by atomic mass is 32.1. The van der Waals surface area contributed by atoms with Gasteiger partial charge in [-0.1, -0.05) is 12.8 Å². The quantitative estimate of drug-likeness (QED) is 0.370. The number of carbonyl (C=O) groups excluding carboxylic acids is 1. The maximum atomic E-state index is 10.1. The number of urea groups is 1. The number of hydrazine groups is 1. The molecule has 40 valence electrons. The predicted molar refractivity (Wildman–Crippen MR) is 27.4 cm³/mol. The fraction of sp³-hybridized carbons (Fsp3) is 0.500. The molecule has 0 radical (unpaired) electrons. The zero-order chi connectivity index (χ0) is 5.28. The molecule has 1 fully saturated rings. The van der Waals surface area contributed by atoms with Gasteiger partial charge in [0.2, 0.25) is 0 Å². The second-order valence-electron chi connectivity index (χ2n) is 1.18. The Balaban J connectivity index is 2.40. The average Bonchev–Trinajstić information content (AvgIpc) is 1.87. The second kappa shape index (κ2) is 1.59. The Morgan fingerprint density at radius 3 is 2.71 bits per heavy atom. The normalized spacial score (nSPS) is 21.6. The van der Waals surface area contributed by atoms with E-state index < -0.39 is 0 Å². The van der Waals surface area contributed by atoms with Crippen LogP contribution in [0.5, 0.6) is 0 Å². The summed E-state index contributed by atoms with van der Waals surface area (Å²) in [7, 11) is 0. The topological polar surface area (TPSA) is 44.4 Å². The van der Waals surface area contributed by atoms with Crippen LogP contribution in [0.4, 0.5) is 4.79 Å². The van der Waals surface area contributed by atoms with Gasteiger partial charge in [0.05, 0.1) is 0 Å². The van der Waals surface area contributed by atoms with Crippen molar-refractivity contribution in [2.75, 3.05) is 6.67 Å². The first-order chi connectivity index (χ1) is 3.29. The van der Waals surface area contributed by atoms with Crippen LogP contribution in [0.15, 0.2) is 0 Å². The molecule has 1 rings (SSSR count). The van der Waals surface area contributed by atoms with Crippen LogP contribution in [0.25, 0.3) is 0 Å². The van der Waals surface area contributed by atoms with E-state index in [1.807, 2.05) is 0 Å². The number of hydrogen-bond donors (Lipinski definition) is 3. The summed E-state index contributed by atoms with van der Waals surface area (Å²) in [4.78, 5) is 10.1. The molecule has 0 spiro atoms. The molecule has 1 saturated heterocycles. The Bertz CT molecular complexity index is 94.9. The summed E-state index contributed by atoms with van der Waals surface area (Å²) in [6, 6.07) is -0.199. The van der Waals surface area contributed by atoms with Crippen molar-refractivity contribution in [2.24, 2.45) is 0 Å². The van der Waals surface area contributed by atoms with Crippen LogP contribution < -0.4 is 10.7 Å². The van der Waals surface area contributed by atoms with E-state index >= 15 is 0 Å². The van der Waals surface area contributed by atoms with Gasteiger partial charge in [-0.25, -0.2) is 4.79 Å². The summed E-state index contributed by atoms with van der Waals surface area (Å²) in [5, 5.41) is 2.47. The average molecular weight is 119 g/mol. The van der Waals surface area contributed by atoms with Crippen molar-refractivity contribution in [3.8, 4) is 0 Å². The summed E-state index contributed by atoms with van der Waals surface area (Å²) >= 11 is 3.79. The Hall–Kier alpha value is -0.420. The fourth-order valence-electron chi connectivity index (χ4n) is 0.343. The monoisotopic (exact) mass is 119 g/mol. The lowest BCUT2D eigenvalue weighted by Crippen LogP contribution is -2.24. The lowest BCUT2D eigenvalue weighted by molar-refractivity contribution is 0.244. The van der Waals surface area contributed by atoms with E-state index in [-0.39, 0.29) is 6.03 Å². The third-order valence-electron chi connectivity index (χ3n) is 0.620. The summed E-state index contributed by atoms with van der Waals surface area (Å²) in [5.74, 6) is 0. The molecule has 0 atom stereocenters. The zero-order valence-electron chi connectivity index (χ0n) is 3.51. The fourth-order valence-corrected chi connectivity index (χ4v) is 0.504. The standard InChI is InChI=1S/C2H5N3OS/c6-2-3-1-5(7)4-2/h7H,1H2,(H2,3,4,6). The molecule has 0 aromatic carbocycles. The predicted octanol–water partition coefficient (Wildman–Crippen LogP) is -0.682. The third kappa shape index (κ3) is 0.971. The Morgan fingerprint density at radius 2 is 2.57 bits per heavy atom. The number of rotatable bonds is 0. The lowest BCUT2D eigenvalue weighted by Gasteiger charge is -1.98. The van der Waals surface area contributed by atoms with E-state index in [4.69, 9.17) is 0 Å². The maximum Gasteiger partial charge on any atom is 0.331 e. The SMILES string of the molecule is O=C1NCN(S)N1. The Labute approximate surface area is 46.4 Å². The van der Waals surface area contributed by atoms with E-state index in [1.54, 1.807) is 0 Å². The van der Waals surface area contributed by atoms with Crippen LogP contribution in [0, 0.1) is 0 Å². The molecule has 0 unspecified atom stereocenters. The largest absolute Gasteiger partial charge is 0.331 e. The molecule has 2 N–H and O–H groups in total. The molecule has 2 amide bonds. The first-order valence-corrected chi connectivity index (χ1v) is 2.20. The Kier molecular flexibility index (Phi) is 1.07. The molecule has 0 aromatic heterocycles. The van der Waals surface area contributed by atoms with Crippen LogP contribution in [-0.4, -0.2) is 17.1 Å². The molecule has 7 heavy (non-hydrogen) atoms. The molecule has 1 aliphatic heterocycles. The zero-order valence-corrected chi connectivity index (χ0v) is 4.40. The van der Waals surface area contributed by atoms with Crippen LogP contribution >= 0.6 is 12.8 Å². The number of hydrogen-bond acceptors (Lipinski definition) is 3. The van der Waals surface area contributed by atoms with E-state index in [0.717, 1.165) is 0 Å². The first kappa shape index (κ1) is 4.73. The summed E-state index contributed by atoms with van der Waals surface area (Å²) < 4.78 is 1.36. The summed E-state index contributed by atoms with van der Waals surface area (Å²) in [6.07, 6.45) is 0. The van der Waals surface area contributed by atoms with Crippen molar-refractivity contribution in [3.63, 3.8) is 0 Å². The van der Waals surface area contributed by atoms with Crippen LogP contribution in [0.1, 0.15) is 0 Å². The number of thiol groups is 1. The number of carbonyl (C=O) groups is 1. The maximum absolute atomic E-state index is 10.1. The second-order valence-corrected chi connectivity index (χ2v) is 1.66. The van der Waals surface area contributed by atoms with Gasteiger partial charge in [-0.3, -0.25) is 5.43 Å². The molecular formula is C2H5N3OS. The summed E-state index contributed by atoms with van der Waals surface area (Å²) in [5.41, 5.74) is 2.36. The van der Waals surface area contributed by atoms with Gasteiger partial charge in [0.25, 0.3) is 0 Å². The van der Waals surface area contributed by atoms with Gasteiger partial charge in [-0.05, 0) is 0 Å². The molecule has 0 aliphatic carbocycles. The molecule has 5 heteroatoms. The molecule has 0 bridgehead atoms. The van der Waals surface area contributed by atoms with Crippen molar-refractivity contribution < 1.29 is 4.79 Å². The number of nitrogens with one attached hydrogen (secondary N) is 2. The molecule has 1 aliphatic rings. The van der Waals surface area contributed by atoms with Gasteiger partial charge in [-0.15, -0.1) is 4.41 Å². The van der Waals surface area contributed by atoms with Crippen molar-refractivity contribution in [1.29, 1.82) is 0 Å². The van der Waals surface area contributed by atoms with Gasteiger partial charge in [0, 0.05) is 0 Å². The van der Waals surface area contributed by atoms with Crippen molar-refractivity contribution in [3.05, 3.63) is 0 Å². The van der Waals surface area contributed by atoms with Crippen molar-refractivity contribution >= 4 is 18.8 Å². The van der Waals surface area contributed by atoms with Crippen LogP contribution in [-0.2, 0) is 0 Å². The minimum Gasteiger partial charge on any atom is -0.322 e. The summed E-state index contributed by atoms with van der Waals surface area (Å²) in [6.45, 7) is 0.460. The lowest BCUT2D eigenvalue weighted by atomic mass is 11.0. The molecule has 0 aromatic rings. The minimum atomic E-state index is -0.199. The number of amides is 2. The van der Waals surface area contributed by atoms with E-state index in [1.165, 1.54) is 4.41 Å². The molecular weight excluding hydrogens is 114 g/mol. The van der Waals surface area contributed by atoms with E-state index in [2.05, 4.69) is 23.6 Å². The molecule has 1 heterocycles.